The van der Waals surface area contributed by atoms with Crippen molar-refractivity contribution < 1.29 is 17.6 Å². The predicted molar refractivity (Wildman–Crippen MR) is 81.3 cm³/mol. The third-order valence-corrected chi connectivity index (χ3v) is 5.49. The minimum absolute atomic E-state index is 0.228. The zero-order valence-electron chi connectivity index (χ0n) is 11.8. The molecule has 3 rings (SSSR count). The van der Waals surface area contributed by atoms with E-state index in [0.29, 0.717) is 9.79 Å². The van der Waals surface area contributed by atoms with Gasteiger partial charge in [-0.3, -0.25) is 0 Å². The Morgan fingerprint density at radius 2 is 0.957 bits per heavy atom. The summed E-state index contributed by atoms with van der Waals surface area (Å²) in [6.45, 7) is 0. The quantitative estimate of drug-likeness (QED) is 0.344. The predicted octanol–water partition coefficient (Wildman–Crippen LogP) is 5.34. The monoisotopic (exact) mass is 335 g/mol. The summed E-state index contributed by atoms with van der Waals surface area (Å²) in [7, 11) is -1.29. The fourth-order valence-corrected chi connectivity index (χ4v) is 4.37. The van der Waals surface area contributed by atoms with Crippen LogP contribution in [0.5, 0.6) is 0 Å². The van der Waals surface area contributed by atoms with Crippen LogP contribution in [0.4, 0.5) is 17.6 Å². The van der Waals surface area contributed by atoms with E-state index in [1.165, 1.54) is 0 Å². The zero-order valence-corrected chi connectivity index (χ0v) is 12.6. The summed E-state index contributed by atoms with van der Waals surface area (Å²) in [5.74, 6) is -5.52. The van der Waals surface area contributed by atoms with Crippen molar-refractivity contribution in [1.29, 1.82) is 0 Å². The summed E-state index contributed by atoms with van der Waals surface area (Å²) in [6.07, 6.45) is 0. The third-order valence-electron chi connectivity index (χ3n) is 3.23. The molecule has 0 aliphatic rings. The standard InChI is InChI=1S/C18H11F4S/c19-14-11-15(20)17(22)18(16(14)21)23(12-7-3-1-4-8-12)13-9-5-2-6-10-13/h1-11H/q+1. The first-order chi connectivity index (χ1) is 11.1. The van der Waals surface area contributed by atoms with Crippen molar-refractivity contribution in [3.63, 3.8) is 0 Å². The summed E-state index contributed by atoms with van der Waals surface area (Å²) in [5, 5.41) is 0. The lowest BCUT2D eigenvalue weighted by Gasteiger charge is -2.10. The number of rotatable bonds is 3. The molecule has 0 nitrogen and oxygen atoms in total. The number of hydrogen-bond donors (Lipinski definition) is 0. The largest absolute Gasteiger partial charge is 0.243 e. The van der Waals surface area contributed by atoms with Crippen LogP contribution in [-0.2, 0) is 10.9 Å². The van der Waals surface area contributed by atoms with Gasteiger partial charge in [0.05, 0.1) is 0 Å². The molecule has 5 heteroatoms. The van der Waals surface area contributed by atoms with Crippen LogP contribution in [-0.4, -0.2) is 0 Å². The second kappa shape index (κ2) is 6.46. The first-order valence-corrected chi connectivity index (χ1v) is 7.99. The van der Waals surface area contributed by atoms with Crippen molar-refractivity contribution in [2.45, 2.75) is 14.7 Å². The molecule has 0 heterocycles. The molecule has 0 aliphatic heterocycles. The summed E-state index contributed by atoms with van der Waals surface area (Å²) >= 11 is 0. The van der Waals surface area contributed by atoms with Gasteiger partial charge in [0.1, 0.15) is 10.9 Å². The van der Waals surface area contributed by atoms with Crippen molar-refractivity contribution in [1.82, 2.24) is 0 Å². The maximum atomic E-state index is 14.3. The molecule has 0 saturated heterocycles. The molecule has 0 radical (unpaired) electrons. The molecule has 0 bridgehead atoms. The average molecular weight is 335 g/mol. The molecule has 3 aromatic carbocycles. The van der Waals surface area contributed by atoms with E-state index in [2.05, 4.69) is 0 Å². The lowest BCUT2D eigenvalue weighted by Crippen LogP contribution is -2.12. The molecule has 0 fully saturated rings. The van der Waals surface area contributed by atoms with Crippen molar-refractivity contribution >= 4 is 10.9 Å². The fraction of sp³-hybridized carbons (Fsp3) is 0. The van der Waals surface area contributed by atoms with E-state index in [-0.39, 0.29) is 6.07 Å². The molecular weight excluding hydrogens is 324 g/mol. The van der Waals surface area contributed by atoms with Crippen LogP contribution in [0, 0.1) is 23.3 Å². The minimum atomic E-state index is -1.40. The Bertz CT molecular complexity index is 754. The van der Waals surface area contributed by atoms with E-state index >= 15 is 0 Å². The first-order valence-electron chi connectivity index (χ1n) is 6.77. The van der Waals surface area contributed by atoms with Crippen LogP contribution >= 0.6 is 0 Å². The second-order valence-corrected chi connectivity index (χ2v) is 6.69. The molecular formula is C18H11F4S+. The lowest BCUT2D eigenvalue weighted by molar-refractivity contribution is 0.425. The smallest absolute Gasteiger partial charge is 0.203 e. The molecule has 0 atom stereocenters. The number of benzene rings is 3. The highest BCUT2D eigenvalue weighted by Crippen LogP contribution is 2.35. The van der Waals surface area contributed by atoms with Crippen molar-refractivity contribution in [3.05, 3.63) is 90.0 Å². The molecule has 0 aromatic heterocycles. The van der Waals surface area contributed by atoms with E-state index in [1.54, 1.807) is 60.7 Å². The van der Waals surface area contributed by atoms with Crippen molar-refractivity contribution in [2.75, 3.05) is 0 Å². The van der Waals surface area contributed by atoms with Gasteiger partial charge in [-0.1, -0.05) is 36.4 Å². The van der Waals surface area contributed by atoms with E-state index in [0.717, 1.165) is 0 Å². The van der Waals surface area contributed by atoms with E-state index < -0.39 is 39.1 Å². The van der Waals surface area contributed by atoms with E-state index in [1.807, 2.05) is 0 Å². The van der Waals surface area contributed by atoms with Gasteiger partial charge < -0.3 is 0 Å². The Balaban J connectivity index is 2.30. The molecule has 3 aromatic rings. The van der Waals surface area contributed by atoms with Crippen LogP contribution in [0.2, 0.25) is 0 Å². The van der Waals surface area contributed by atoms with Gasteiger partial charge in [-0.05, 0) is 24.3 Å². The molecule has 0 aliphatic carbocycles. The molecule has 116 valence electrons. The highest BCUT2D eigenvalue weighted by atomic mass is 32.2. The summed E-state index contributed by atoms with van der Waals surface area (Å²) in [5.41, 5.74) is 0. The van der Waals surface area contributed by atoms with Crippen LogP contribution in [0.3, 0.4) is 0 Å². The van der Waals surface area contributed by atoms with Crippen LogP contribution in [0.1, 0.15) is 0 Å². The first kappa shape index (κ1) is 15.6. The van der Waals surface area contributed by atoms with Crippen LogP contribution in [0.25, 0.3) is 0 Å². The maximum Gasteiger partial charge on any atom is 0.243 e. The minimum Gasteiger partial charge on any atom is -0.203 e. The van der Waals surface area contributed by atoms with E-state index in [4.69, 9.17) is 0 Å². The van der Waals surface area contributed by atoms with Crippen LogP contribution in [0.15, 0.2) is 81.4 Å². The average Bonchev–Trinajstić information content (AvgIpc) is 2.58. The van der Waals surface area contributed by atoms with Crippen LogP contribution < -0.4 is 0 Å². The highest BCUT2D eigenvalue weighted by Gasteiger charge is 2.38. The topological polar surface area (TPSA) is 0 Å². The van der Waals surface area contributed by atoms with Gasteiger partial charge in [0, 0.05) is 6.07 Å². The molecule has 0 unspecified atom stereocenters. The Kier molecular flexibility index (Phi) is 4.39. The Morgan fingerprint density at radius 1 is 0.565 bits per heavy atom. The maximum absolute atomic E-state index is 14.3. The third kappa shape index (κ3) is 2.97. The van der Waals surface area contributed by atoms with Crippen molar-refractivity contribution in [3.8, 4) is 0 Å². The zero-order chi connectivity index (χ0) is 16.4. The normalized spacial score (nSPS) is 11.0. The van der Waals surface area contributed by atoms with Gasteiger partial charge in [0.25, 0.3) is 0 Å². The Hall–Kier alpha value is -2.27. The SMILES string of the molecule is Fc1cc(F)c(F)c([S+](c2ccccc2)c2ccccc2)c1F. The molecule has 23 heavy (non-hydrogen) atoms. The lowest BCUT2D eigenvalue weighted by atomic mass is 10.3. The van der Waals surface area contributed by atoms with Crippen molar-refractivity contribution in [2.24, 2.45) is 0 Å². The fourth-order valence-electron chi connectivity index (χ4n) is 2.22. The second-order valence-electron chi connectivity index (χ2n) is 4.73. The Labute approximate surface area is 133 Å². The van der Waals surface area contributed by atoms with Gasteiger partial charge in [-0.25, -0.2) is 8.78 Å². The van der Waals surface area contributed by atoms with E-state index in [9.17, 15) is 17.6 Å². The van der Waals surface area contributed by atoms with Gasteiger partial charge >= 0.3 is 0 Å². The number of halogens is 4. The summed E-state index contributed by atoms with van der Waals surface area (Å²) in [4.78, 5) is 0.544. The molecule has 0 spiro atoms. The number of hydrogen-bond acceptors (Lipinski definition) is 0. The van der Waals surface area contributed by atoms with Gasteiger partial charge in [0.2, 0.25) is 16.5 Å². The highest BCUT2D eigenvalue weighted by molar-refractivity contribution is 7.97. The molecule has 0 N–H and O–H groups in total. The molecule has 0 saturated carbocycles. The van der Waals surface area contributed by atoms with Gasteiger partial charge in [-0.15, -0.1) is 0 Å². The summed E-state index contributed by atoms with van der Waals surface area (Å²) in [6, 6.07) is 17.3. The Morgan fingerprint density at radius 3 is 1.35 bits per heavy atom. The summed E-state index contributed by atoms with van der Waals surface area (Å²) < 4.78 is 55.8. The van der Waals surface area contributed by atoms with Gasteiger partial charge in [0.15, 0.2) is 21.4 Å². The van der Waals surface area contributed by atoms with Gasteiger partial charge in [-0.2, -0.15) is 8.78 Å². The molecule has 0 amide bonds.